The first-order valence-electron chi connectivity index (χ1n) is 3.58. The molecule has 0 amide bonds. The van der Waals surface area contributed by atoms with Crippen LogP contribution < -0.4 is 0 Å². The fourth-order valence-corrected chi connectivity index (χ4v) is 1.05. The minimum atomic E-state index is -0.516. The Labute approximate surface area is 70.5 Å². The van der Waals surface area contributed by atoms with Crippen LogP contribution in [0.25, 0.3) is 0 Å². The lowest BCUT2D eigenvalue weighted by Gasteiger charge is -2.20. The molecule has 0 saturated heterocycles. The number of nitroso groups, excluding NO2 is 1. The van der Waals surface area contributed by atoms with Gasteiger partial charge in [0.15, 0.2) is 11.8 Å². The molecule has 4 heteroatoms. The first-order chi connectivity index (χ1) is 5.65. The summed E-state index contributed by atoms with van der Waals surface area (Å²) in [6.45, 7) is 0. The molecule has 1 aliphatic carbocycles. The molecule has 1 atom stereocenters. The maximum absolute atomic E-state index is 10.9. The standard InChI is InChI=1S/C8H10N2O2/c1-10(2)8-5-6(11)3-4-7(8)9-12/h3-5,7H,1-2H3. The number of carbonyl (C=O) groups excluding carboxylic acids is 1. The highest BCUT2D eigenvalue weighted by atomic mass is 16.3. The highest BCUT2D eigenvalue weighted by Crippen LogP contribution is 2.14. The van der Waals surface area contributed by atoms with E-state index in [1.54, 1.807) is 19.0 Å². The lowest BCUT2D eigenvalue weighted by atomic mass is 10.1. The molecule has 0 bridgehead atoms. The minimum Gasteiger partial charge on any atom is -0.379 e. The molecule has 0 fully saturated rings. The quantitative estimate of drug-likeness (QED) is 0.567. The molecule has 0 heterocycles. The minimum absolute atomic E-state index is 0.0985. The molecule has 0 spiro atoms. The first-order valence-corrected chi connectivity index (χ1v) is 3.58. The van der Waals surface area contributed by atoms with Gasteiger partial charge < -0.3 is 4.90 Å². The molecule has 64 valence electrons. The van der Waals surface area contributed by atoms with Crippen molar-refractivity contribution in [3.05, 3.63) is 28.8 Å². The molecule has 12 heavy (non-hydrogen) atoms. The second-order valence-corrected chi connectivity index (χ2v) is 2.78. The van der Waals surface area contributed by atoms with Crippen LogP contribution in [0.2, 0.25) is 0 Å². The average Bonchev–Trinajstić information content (AvgIpc) is 2.04. The zero-order chi connectivity index (χ0) is 9.14. The Hall–Kier alpha value is -1.45. The number of hydrogen-bond donors (Lipinski definition) is 0. The number of carbonyl (C=O) groups is 1. The zero-order valence-electron chi connectivity index (χ0n) is 7.02. The van der Waals surface area contributed by atoms with Gasteiger partial charge in [-0.15, -0.1) is 4.91 Å². The smallest absolute Gasteiger partial charge is 0.180 e. The van der Waals surface area contributed by atoms with E-state index in [-0.39, 0.29) is 5.78 Å². The van der Waals surface area contributed by atoms with E-state index in [0.717, 1.165) is 0 Å². The van der Waals surface area contributed by atoms with Crippen LogP contribution in [0.4, 0.5) is 0 Å². The van der Waals surface area contributed by atoms with Gasteiger partial charge >= 0.3 is 0 Å². The molecule has 0 aromatic heterocycles. The fraction of sp³-hybridized carbons (Fsp3) is 0.375. The molecular formula is C8H10N2O2. The van der Waals surface area contributed by atoms with Crippen molar-refractivity contribution in [1.29, 1.82) is 0 Å². The predicted octanol–water partition coefficient (Wildman–Crippen LogP) is 0.706. The van der Waals surface area contributed by atoms with Crippen molar-refractivity contribution in [1.82, 2.24) is 4.90 Å². The SMILES string of the molecule is CN(C)C1=CC(=O)C=CC1N=O. The number of hydrogen-bond acceptors (Lipinski definition) is 4. The van der Waals surface area contributed by atoms with E-state index in [1.165, 1.54) is 18.2 Å². The summed E-state index contributed by atoms with van der Waals surface area (Å²) < 4.78 is 0. The van der Waals surface area contributed by atoms with Gasteiger partial charge in [0.2, 0.25) is 0 Å². The van der Waals surface area contributed by atoms with E-state index in [4.69, 9.17) is 0 Å². The predicted molar refractivity (Wildman–Crippen MR) is 45.5 cm³/mol. The van der Waals surface area contributed by atoms with Crippen molar-refractivity contribution >= 4 is 5.78 Å². The summed E-state index contributed by atoms with van der Waals surface area (Å²) in [5.41, 5.74) is 0.637. The Kier molecular flexibility index (Phi) is 2.38. The Morgan fingerprint density at radius 1 is 1.50 bits per heavy atom. The molecule has 1 unspecified atom stereocenters. The Balaban J connectivity index is 2.92. The van der Waals surface area contributed by atoms with Gasteiger partial charge in [-0.05, 0) is 12.2 Å². The molecule has 0 radical (unpaired) electrons. The largest absolute Gasteiger partial charge is 0.379 e. The summed E-state index contributed by atoms with van der Waals surface area (Å²) in [5, 5.41) is 2.89. The Morgan fingerprint density at radius 2 is 2.17 bits per heavy atom. The zero-order valence-corrected chi connectivity index (χ0v) is 7.02. The maximum atomic E-state index is 10.9. The van der Waals surface area contributed by atoms with Crippen molar-refractivity contribution in [2.45, 2.75) is 6.04 Å². The molecular weight excluding hydrogens is 156 g/mol. The van der Waals surface area contributed by atoms with Gasteiger partial charge in [-0.3, -0.25) is 4.79 Å². The maximum Gasteiger partial charge on any atom is 0.180 e. The van der Waals surface area contributed by atoms with E-state index in [2.05, 4.69) is 5.18 Å². The third-order valence-corrected chi connectivity index (χ3v) is 1.67. The van der Waals surface area contributed by atoms with E-state index < -0.39 is 6.04 Å². The van der Waals surface area contributed by atoms with Crippen LogP contribution in [0, 0.1) is 4.91 Å². The third-order valence-electron chi connectivity index (χ3n) is 1.67. The molecule has 0 aliphatic heterocycles. The number of allylic oxidation sites excluding steroid dienone is 2. The number of nitrogens with zero attached hydrogens (tertiary/aromatic N) is 2. The van der Waals surface area contributed by atoms with E-state index in [0.29, 0.717) is 5.70 Å². The average molecular weight is 166 g/mol. The van der Waals surface area contributed by atoms with Crippen molar-refractivity contribution in [3.63, 3.8) is 0 Å². The first kappa shape index (κ1) is 8.64. The molecule has 1 rings (SSSR count). The highest BCUT2D eigenvalue weighted by Gasteiger charge is 2.18. The van der Waals surface area contributed by atoms with Gasteiger partial charge in [0.1, 0.15) is 0 Å². The summed E-state index contributed by atoms with van der Waals surface area (Å²) in [4.78, 5) is 22.9. The van der Waals surface area contributed by atoms with Gasteiger partial charge in [0.25, 0.3) is 0 Å². The summed E-state index contributed by atoms with van der Waals surface area (Å²) in [5.74, 6) is -0.0985. The molecule has 0 saturated carbocycles. The lowest BCUT2D eigenvalue weighted by Crippen LogP contribution is -2.23. The molecule has 0 aromatic rings. The summed E-state index contributed by atoms with van der Waals surface area (Å²) in [7, 11) is 3.55. The molecule has 0 N–H and O–H groups in total. The second-order valence-electron chi connectivity index (χ2n) is 2.78. The van der Waals surface area contributed by atoms with Crippen LogP contribution in [-0.4, -0.2) is 30.8 Å². The Morgan fingerprint density at radius 3 is 2.67 bits per heavy atom. The van der Waals surface area contributed by atoms with E-state index in [9.17, 15) is 9.70 Å². The van der Waals surface area contributed by atoms with Gasteiger partial charge in [0.05, 0.1) is 0 Å². The molecule has 0 aromatic carbocycles. The van der Waals surface area contributed by atoms with Crippen molar-refractivity contribution in [2.24, 2.45) is 5.18 Å². The second kappa shape index (κ2) is 3.30. The number of ketones is 1. The third kappa shape index (κ3) is 1.58. The van der Waals surface area contributed by atoms with Gasteiger partial charge in [-0.2, -0.15) is 0 Å². The summed E-state index contributed by atoms with van der Waals surface area (Å²) >= 11 is 0. The number of likely N-dealkylation sites (N-methyl/N-ethyl adjacent to an activating group) is 1. The summed E-state index contributed by atoms with van der Waals surface area (Å²) in [6.07, 6.45) is 4.29. The van der Waals surface area contributed by atoms with Crippen LogP contribution in [0.1, 0.15) is 0 Å². The van der Waals surface area contributed by atoms with Crippen LogP contribution in [0.5, 0.6) is 0 Å². The monoisotopic (exact) mass is 166 g/mol. The fourth-order valence-electron chi connectivity index (χ4n) is 1.05. The van der Waals surface area contributed by atoms with Crippen molar-refractivity contribution < 1.29 is 4.79 Å². The van der Waals surface area contributed by atoms with Crippen LogP contribution in [0.15, 0.2) is 29.1 Å². The van der Waals surface area contributed by atoms with E-state index >= 15 is 0 Å². The molecule has 1 aliphatic rings. The van der Waals surface area contributed by atoms with E-state index in [1.807, 2.05) is 0 Å². The topological polar surface area (TPSA) is 49.7 Å². The van der Waals surface area contributed by atoms with Gasteiger partial charge in [-0.25, -0.2) is 0 Å². The van der Waals surface area contributed by atoms with Crippen LogP contribution >= 0.6 is 0 Å². The molecule has 4 nitrogen and oxygen atoms in total. The van der Waals surface area contributed by atoms with Gasteiger partial charge in [0, 0.05) is 25.9 Å². The van der Waals surface area contributed by atoms with Crippen molar-refractivity contribution in [3.8, 4) is 0 Å². The van der Waals surface area contributed by atoms with Gasteiger partial charge in [-0.1, -0.05) is 5.18 Å². The Bertz CT molecular complexity index is 266. The lowest BCUT2D eigenvalue weighted by molar-refractivity contribution is -0.110. The van der Waals surface area contributed by atoms with Crippen molar-refractivity contribution in [2.75, 3.05) is 14.1 Å². The highest BCUT2D eigenvalue weighted by molar-refractivity contribution is 6.01. The summed E-state index contributed by atoms with van der Waals surface area (Å²) in [6, 6.07) is -0.516. The normalized spacial score (nSPS) is 22.0. The van der Waals surface area contributed by atoms with Crippen LogP contribution in [0.3, 0.4) is 0 Å². The van der Waals surface area contributed by atoms with Crippen LogP contribution in [-0.2, 0) is 4.79 Å². The number of rotatable bonds is 2.